The van der Waals surface area contributed by atoms with Gasteiger partial charge in [-0.3, -0.25) is 9.59 Å². The van der Waals surface area contributed by atoms with Crippen molar-refractivity contribution in [3.8, 4) is 5.75 Å². The van der Waals surface area contributed by atoms with E-state index in [-0.39, 0.29) is 23.8 Å². The lowest BCUT2D eigenvalue weighted by molar-refractivity contribution is -0.143. The summed E-state index contributed by atoms with van der Waals surface area (Å²) in [5.41, 5.74) is 1.32. The number of urea groups is 1. The maximum absolute atomic E-state index is 12.4. The first-order valence-corrected chi connectivity index (χ1v) is 10.6. The average molecular weight is 424 g/mol. The summed E-state index contributed by atoms with van der Waals surface area (Å²) in [6, 6.07) is 15.9. The van der Waals surface area contributed by atoms with Gasteiger partial charge in [-0.1, -0.05) is 18.2 Å². The number of carbonyl (C=O) groups excluding carboxylic acids is 2. The number of carboxylic acids is 1. The van der Waals surface area contributed by atoms with Crippen LogP contribution in [0.3, 0.4) is 0 Å². The molecule has 2 aromatic rings. The summed E-state index contributed by atoms with van der Waals surface area (Å²) in [5, 5.41) is 14.5. The van der Waals surface area contributed by atoms with E-state index in [2.05, 4.69) is 10.6 Å². The monoisotopic (exact) mass is 424 g/mol. The van der Waals surface area contributed by atoms with Gasteiger partial charge in [0.05, 0.1) is 12.0 Å². The van der Waals surface area contributed by atoms with Gasteiger partial charge in [-0.25, -0.2) is 4.79 Å². The zero-order valence-corrected chi connectivity index (χ0v) is 17.4. The van der Waals surface area contributed by atoms with E-state index >= 15 is 0 Å². The number of hydrogen-bond donors (Lipinski definition) is 3. The van der Waals surface area contributed by atoms with E-state index in [1.165, 1.54) is 0 Å². The van der Waals surface area contributed by atoms with E-state index in [9.17, 15) is 14.4 Å². The first-order chi connectivity index (χ1) is 15.0. The van der Waals surface area contributed by atoms with E-state index in [4.69, 9.17) is 9.84 Å². The van der Waals surface area contributed by atoms with Crippen LogP contribution in [0.5, 0.6) is 5.75 Å². The second kappa shape index (κ2) is 11.2. The zero-order chi connectivity index (χ0) is 22.1. The summed E-state index contributed by atoms with van der Waals surface area (Å²) in [7, 11) is 0. The SMILES string of the molecule is O=C(NCCCC(=O)c1ccc(OC2CCC(C(=O)O)CC2)cc1)Nc1ccccc1. The summed E-state index contributed by atoms with van der Waals surface area (Å²) < 4.78 is 5.93. The molecule has 0 radical (unpaired) electrons. The number of aliphatic carboxylic acids is 1. The third-order valence-corrected chi connectivity index (χ3v) is 5.40. The maximum Gasteiger partial charge on any atom is 0.319 e. The molecule has 0 unspecified atom stereocenters. The Bertz CT molecular complexity index is 875. The molecule has 3 rings (SSSR count). The number of amides is 2. The zero-order valence-electron chi connectivity index (χ0n) is 17.4. The molecule has 0 spiro atoms. The molecule has 0 atom stereocenters. The van der Waals surface area contributed by atoms with Gasteiger partial charge in [0.25, 0.3) is 0 Å². The van der Waals surface area contributed by atoms with Gasteiger partial charge in [-0.2, -0.15) is 0 Å². The minimum absolute atomic E-state index is 0.0128. The summed E-state index contributed by atoms with van der Waals surface area (Å²) in [4.78, 5) is 35.2. The highest BCUT2D eigenvalue weighted by Gasteiger charge is 2.26. The van der Waals surface area contributed by atoms with Crippen LogP contribution in [-0.2, 0) is 4.79 Å². The Hall–Kier alpha value is -3.35. The summed E-state index contributed by atoms with van der Waals surface area (Å²) in [5.74, 6) is -0.291. The molecule has 1 fully saturated rings. The van der Waals surface area contributed by atoms with E-state index < -0.39 is 5.97 Å². The van der Waals surface area contributed by atoms with Gasteiger partial charge < -0.3 is 20.5 Å². The lowest BCUT2D eigenvalue weighted by Crippen LogP contribution is -2.29. The summed E-state index contributed by atoms with van der Waals surface area (Å²) in [6.45, 7) is 0.407. The number of nitrogens with one attached hydrogen (secondary N) is 2. The van der Waals surface area contributed by atoms with Crippen molar-refractivity contribution in [2.75, 3.05) is 11.9 Å². The molecule has 1 saturated carbocycles. The molecule has 164 valence electrons. The molecular weight excluding hydrogens is 396 g/mol. The maximum atomic E-state index is 12.4. The van der Waals surface area contributed by atoms with Crippen molar-refractivity contribution in [3.63, 3.8) is 0 Å². The lowest BCUT2D eigenvalue weighted by Gasteiger charge is -2.26. The Labute approximate surface area is 181 Å². The van der Waals surface area contributed by atoms with Crippen LogP contribution in [0.2, 0.25) is 0 Å². The largest absolute Gasteiger partial charge is 0.490 e. The molecule has 2 amide bonds. The van der Waals surface area contributed by atoms with Crippen molar-refractivity contribution in [3.05, 3.63) is 60.2 Å². The predicted octanol–water partition coefficient (Wildman–Crippen LogP) is 4.49. The average Bonchev–Trinajstić information content (AvgIpc) is 2.78. The molecule has 7 heteroatoms. The van der Waals surface area contributed by atoms with Crippen LogP contribution in [0.1, 0.15) is 48.9 Å². The molecule has 0 saturated heterocycles. The van der Waals surface area contributed by atoms with E-state index in [1.54, 1.807) is 36.4 Å². The van der Waals surface area contributed by atoms with Crippen LogP contribution in [0.4, 0.5) is 10.5 Å². The molecular formula is C24H28N2O5. The van der Waals surface area contributed by atoms with Gasteiger partial charge in [0.1, 0.15) is 5.75 Å². The van der Waals surface area contributed by atoms with Crippen LogP contribution in [0, 0.1) is 5.92 Å². The molecule has 1 aliphatic rings. The van der Waals surface area contributed by atoms with Crippen molar-refractivity contribution in [2.45, 2.75) is 44.6 Å². The summed E-state index contributed by atoms with van der Waals surface area (Å²) in [6.07, 6.45) is 3.62. The third kappa shape index (κ3) is 7.13. The number of Topliss-reactive ketones (excluding diaryl/α,β-unsaturated/α-hetero) is 1. The van der Waals surface area contributed by atoms with Gasteiger partial charge in [0, 0.05) is 24.2 Å². The highest BCUT2D eigenvalue weighted by Crippen LogP contribution is 2.28. The molecule has 0 bridgehead atoms. The number of benzene rings is 2. The number of rotatable bonds is 9. The predicted molar refractivity (Wildman–Crippen MR) is 117 cm³/mol. The Morgan fingerprint density at radius 3 is 2.26 bits per heavy atom. The number of ether oxygens (including phenoxy) is 1. The molecule has 2 aromatic carbocycles. The number of carbonyl (C=O) groups is 3. The van der Waals surface area contributed by atoms with Gasteiger partial charge in [0.15, 0.2) is 5.78 Å². The van der Waals surface area contributed by atoms with Crippen molar-refractivity contribution < 1.29 is 24.2 Å². The van der Waals surface area contributed by atoms with Gasteiger partial charge in [0.2, 0.25) is 0 Å². The van der Waals surface area contributed by atoms with Gasteiger partial charge in [-0.15, -0.1) is 0 Å². The van der Waals surface area contributed by atoms with Crippen molar-refractivity contribution in [1.82, 2.24) is 5.32 Å². The second-order valence-electron chi connectivity index (χ2n) is 7.73. The number of hydrogen-bond acceptors (Lipinski definition) is 4. The van der Waals surface area contributed by atoms with Crippen molar-refractivity contribution in [2.24, 2.45) is 5.92 Å². The number of para-hydroxylation sites is 1. The van der Waals surface area contributed by atoms with Gasteiger partial charge >= 0.3 is 12.0 Å². The number of ketones is 1. The Balaban J connectivity index is 1.35. The van der Waals surface area contributed by atoms with E-state index in [1.807, 2.05) is 18.2 Å². The highest BCUT2D eigenvalue weighted by atomic mass is 16.5. The van der Waals surface area contributed by atoms with Crippen molar-refractivity contribution >= 4 is 23.5 Å². The van der Waals surface area contributed by atoms with Crippen molar-refractivity contribution in [1.29, 1.82) is 0 Å². The topological polar surface area (TPSA) is 105 Å². The Morgan fingerprint density at radius 2 is 1.61 bits per heavy atom. The smallest absolute Gasteiger partial charge is 0.319 e. The number of anilines is 1. The lowest BCUT2D eigenvalue weighted by atomic mass is 9.87. The molecule has 0 heterocycles. The standard InChI is InChI=1S/C24H28N2O5/c27-22(7-4-16-25-24(30)26-19-5-2-1-3-6-19)17-8-12-20(13-9-17)31-21-14-10-18(11-15-21)23(28)29/h1-3,5-6,8-9,12-13,18,21H,4,7,10-11,14-16H2,(H,28,29)(H2,25,26,30). The molecule has 0 aliphatic heterocycles. The minimum Gasteiger partial charge on any atom is -0.490 e. The summed E-state index contributed by atoms with van der Waals surface area (Å²) >= 11 is 0. The van der Waals surface area contributed by atoms with Crippen LogP contribution in [-0.4, -0.2) is 35.5 Å². The quantitative estimate of drug-likeness (QED) is 0.406. The Kier molecular flexibility index (Phi) is 8.04. The van der Waals surface area contributed by atoms with Gasteiger partial charge in [-0.05, 0) is 68.5 Å². The molecule has 3 N–H and O–H groups in total. The third-order valence-electron chi connectivity index (χ3n) is 5.40. The molecule has 1 aliphatic carbocycles. The fourth-order valence-corrected chi connectivity index (χ4v) is 3.63. The first-order valence-electron chi connectivity index (χ1n) is 10.6. The fourth-order valence-electron chi connectivity index (χ4n) is 3.63. The fraction of sp³-hybridized carbons (Fsp3) is 0.375. The Morgan fingerprint density at radius 1 is 0.935 bits per heavy atom. The van der Waals surface area contributed by atoms with E-state index in [0.29, 0.717) is 49.2 Å². The molecule has 0 aromatic heterocycles. The minimum atomic E-state index is -0.728. The molecule has 31 heavy (non-hydrogen) atoms. The molecule has 7 nitrogen and oxygen atoms in total. The van der Waals surface area contributed by atoms with Crippen LogP contribution in [0.15, 0.2) is 54.6 Å². The number of carboxylic acid groups (broad SMARTS) is 1. The van der Waals surface area contributed by atoms with Crippen LogP contribution >= 0.6 is 0 Å². The van der Waals surface area contributed by atoms with Crippen LogP contribution < -0.4 is 15.4 Å². The second-order valence-corrected chi connectivity index (χ2v) is 7.73. The van der Waals surface area contributed by atoms with E-state index in [0.717, 1.165) is 12.8 Å². The first kappa shape index (κ1) is 22.3. The van der Waals surface area contributed by atoms with Crippen LogP contribution in [0.25, 0.3) is 0 Å². The highest BCUT2D eigenvalue weighted by molar-refractivity contribution is 5.96. The normalized spacial score (nSPS) is 18.1.